The van der Waals surface area contributed by atoms with Crippen molar-refractivity contribution in [3.05, 3.63) is 65.2 Å². The highest BCUT2D eigenvalue weighted by Crippen LogP contribution is 2.23. The summed E-state index contributed by atoms with van der Waals surface area (Å²) in [5.41, 5.74) is 0.990. The first-order valence-electron chi connectivity index (χ1n) is 10.2. The number of benzene rings is 2. The van der Waals surface area contributed by atoms with Gasteiger partial charge in [-0.25, -0.2) is 16.8 Å². The Morgan fingerprint density at radius 1 is 1.00 bits per heavy atom. The lowest BCUT2D eigenvalue weighted by Gasteiger charge is -2.29. The van der Waals surface area contributed by atoms with Crippen LogP contribution in [0.1, 0.15) is 18.4 Å². The summed E-state index contributed by atoms with van der Waals surface area (Å²) in [7, 11) is -7.46. The highest BCUT2D eigenvalue weighted by molar-refractivity contribution is 7.90. The molecule has 0 amide bonds. The summed E-state index contributed by atoms with van der Waals surface area (Å²) in [5, 5.41) is 3.56. The number of halogens is 1. The number of piperazine rings is 1. The predicted octanol–water partition coefficient (Wildman–Crippen LogP) is 2.37. The van der Waals surface area contributed by atoms with Crippen LogP contribution in [0.2, 0.25) is 5.02 Å². The summed E-state index contributed by atoms with van der Waals surface area (Å²) in [6.45, 7) is 3.97. The Labute approximate surface area is 190 Å². The van der Waals surface area contributed by atoms with E-state index in [0.29, 0.717) is 31.2 Å². The van der Waals surface area contributed by atoms with Gasteiger partial charge in [0, 0.05) is 44.3 Å². The molecule has 0 radical (unpaired) electrons. The van der Waals surface area contributed by atoms with Crippen LogP contribution in [0.3, 0.4) is 0 Å². The minimum atomic E-state index is -3.89. The molecule has 0 aromatic heterocycles. The molecule has 3 rings (SSSR count). The van der Waals surface area contributed by atoms with E-state index in [1.165, 1.54) is 32.9 Å². The average molecular weight is 486 g/mol. The van der Waals surface area contributed by atoms with Gasteiger partial charge >= 0.3 is 0 Å². The summed E-state index contributed by atoms with van der Waals surface area (Å²) < 4.78 is 55.1. The van der Waals surface area contributed by atoms with Gasteiger partial charge in [0.05, 0.1) is 10.6 Å². The fourth-order valence-electron chi connectivity index (χ4n) is 3.53. The third-order valence-electron chi connectivity index (χ3n) is 5.37. The first-order chi connectivity index (χ1) is 14.7. The van der Waals surface area contributed by atoms with Crippen LogP contribution in [0, 0.1) is 0 Å². The fourth-order valence-corrected chi connectivity index (χ4v) is 6.75. The van der Waals surface area contributed by atoms with Crippen molar-refractivity contribution < 1.29 is 16.8 Å². The van der Waals surface area contributed by atoms with Gasteiger partial charge in [0.2, 0.25) is 20.0 Å². The number of sulfonamides is 2. The molecule has 1 atom stereocenters. The Kier molecular flexibility index (Phi) is 8.12. The highest BCUT2D eigenvalue weighted by Gasteiger charge is 2.30. The Morgan fingerprint density at radius 2 is 1.61 bits per heavy atom. The SMILES string of the molecule is CC(CN(CCS(=O)(=O)N1CCNCC1)S(=O)(=O)c1ccc(Cl)cc1)c1ccccc1. The van der Waals surface area contributed by atoms with Crippen molar-refractivity contribution in [1.82, 2.24) is 13.9 Å². The van der Waals surface area contributed by atoms with Gasteiger partial charge < -0.3 is 5.32 Å². The normalized spacial score (nSPS) is 17.0. The highest BCUT2D eigenvalue weighted by atomic mass is 35.5. The maximum atomic E-state index is 13.4. The van der Waals surface area contributed by atoms with Crippen LogP contribution in [0.15, 0.2) is 59.5 Å². The molecule has 1 aliphatic heterocycles. The molecule has 2 aromatic carbocycles. The fraction of sp³-hybridized carbons (Fsp3) is 0.429. The van der Waals surface area contributed by atoms with Crippen LogP contribution in [-0.4, -0.2) is 70.5 Å². The Balaban J connectivity index is 1.83. The standard InChI is InChI=1S/C21H28ClN3O4S2/c1-18(19-5-3-2-4-6-19)17-25(31(28,29)21-9-7-20(22)8-10-21)15-16-30(26,27)24-13-11-23-12-14-24/h2-10,18,23H,11-17H2,1H3. The molecule has 1 aliphatic rings. The van der Waals surface area contributed by atoms with E-state index in [9.17, 15) is 16.8 Å². The number of rotatable bonds is 9. The van der Waals surface area contributed by atoms with Gasteiger partial charge in [0.15, 0.2) is 0 Å². The van der Waals surface area contributed by atoms with Crippen molar-refractivity contribution in [3.63, 3.8) is 0 Å². The maximum Gasteiger partial charge on any atom is 0.243 e. The molecule has 0 aliphatic carbocycles. The van der Waals surface area contributed by atoms with Gasteiger partial charge in [0.1, 0.15) is 0 Å². The molecule has 1 fully saturated rings. The van der Waals surface area contributed by atoms with Crippen LogP contribution in [0.25, 0.3) is 0 Å². The molecule has 1 saturated heterocycles. The summed E-state index contributed by atoms with van der Waals surface area (Å²) >= 11 is 5.91. The average Bonchev–Trinajstić information content (AvgIpc) is 2.78. The van der Waals surface area contributed by atoms with Crippen molar-refractivity contribution in [3.8, 4) is 0 Å². The van der Waals surface area contributed by atoms with Gasteiger partial charge in [-0.15, -0.1) is 0 Å². The van der Waals surface area contributed by atoms with E-state index in [2.05, 4.69) is 5.32 Å². The minimum Gasteiger partial charge on any atom is -0.314 e. The molecular weight excluding hydrogens is 458 g/mol. The van der Waals surface area contributed by atoms with E-state index in [1.54, 1.807) is 0 Å². The van der Waals surface area contributed by atoms with Crippen LogP contribution in [0.5, 0.6) is 0 Å². The third-order valence-corrected chi connectivity index (χ3v) is 9.35. The second-order valence-corrected chi connectivity index (χ2v) is 12.1. The Morgan fingerprint density at radius 3 is 2.23 bits per heavy atom. The Bertz CT molecular complexity index is 1060. The summed E-state index contributed by atoms with van der Waals surface area (Å²) in [6, 6.07) is 15.5. The lowest BCUT2D eigenvalue weighted by atomic mass is 10.0. The molecule has 170 valence electrons. The molecule has 1 heterocycles. The molecule has 0 spiro atoms. The Hall–Kier alpha value is -1.49. The molecule has 1 unspecified atom stereocenters. The molecule has 31 heavy (non-hydrogen) atoms. The first kappa shape index (κ1) is 24.2. The molecule has 0 bridgehead atoms. The van der Waals surface area contributed by atoms with Gasteiger partial charge in [-0.2, -0.15) is 8.61 Å². The topological polar surface area (TPSA) is 86.8 Å². The molecule has 10 heteroatoms. The lowest BCUT2D eigenvalue weighted by Crippen LogP contribution is -2.48. The van der Waals surface area contributed by atoms with Gasteiger partial charge in [0.25, 0.3) is 0 Å². The van der Waals surface area contributed by atoms with Gasteiger partial charge in [-0.3, -0.25) is 0 Å². The minimum absolute atomic E-state index is 0.0942. The predicted molar refractivity (Wildman–Crippen MR) is 123 cm³/mol. The zero-order valence-corrected chi connectivity index (χ0v) is 19.8. The number of nitrogens with zero attached hydrogens (tertiary/aromatic N) is 2. The molecule has 1 N–H and O–H groups in total. The van der Waals surface area contributed by atoms with Crippen LogP contribution in [-0.2, 0) is 20.0 Å². The van der Waals surface area contributed by atoms with E-state index < -0.39 is 20.0 Å². The van der Waals surface area contributed by atoms with E-state index in [4.69, 9.17) is 11.6 Å². The summed E-state index contributed by atoms with van der Waals surface area (Å²) in [4.78, 5) is 0.0942. The van der Waals surface area contributed by atoms with Crippen molar-refractivity contribution >= 4 is 31.6 Å². The second kappa shape index (κ2) is 10.4. The van der Waals surface area contributed by atoms with E-state index >= 15 is 0 Å². The zero-order chi connectivity index (χ0) is 22.5. The van der Waals surface area contributed by atoms with Crippen molar-refractivity contribution in [2.24, 2.45) is 0 Å². The van der Waals surface area contributed by atoms with Crippen molar-refractivity contribution in [2.75, 3.05) is 45.0 Å². The third kappa shape index (κ3) is 6.27. The van der Waals surface area contributed by atoms with Crippen LogP contribution in [0.4, 0.5) is 0 Å². The maximum absolute atomic E-state index is 13.4. The van der Waals surface area contributed by atoms with E-state index in [1.807, 2.05) is 37.3 Å². The zero-order valence-electron chi connectivity index (χ0n) is 17.4. The smallest absolute Gasteiger partial charge is 0.243 e. The van der Waals surface area contributed by atoms with Gasteiger partial charge in [-0.05, 0) is 35.7 Å². The van der Waals surface area contributed by atoms with Crippen molar-refractivity contribution in [1.29, 1.82) is 0 Å². The number of hydrogen-bond acceptors (Lipinski definition) is 5. The quantitative estimate of drug-likeness (QED) is 0.589. The largest absolute Gasteiger partial charge is 0.314 e. The van der Waals surface area contributed by atoms with Gasteiger partial charge in [-0.1, -0.05) is 48.9 Å². The van der Waals surface area contributed by atoms with Crippen molar-refractivity contribution in [2.45, 2.75) is 17.7 Å². The van der Waals surface area contributed by atoms with Crippen LogP contribution < -0.4 is 5.32 Å². The molecule has 2 aromatic rings. The number of hydrogen-bond donors (Lipinski definition) is 1. The molecule has 0 saturated carbocycles. The number of nitrogens with one attached hydrogen (secondary N) is 1. The molecular formula is C21H28ClN3O4S2. The van der Waals surface area contributed by atoms with E-state index in [-0.39, 0.29) is 29.7 Å². The summed E-state index contributed by atoms with van der Waals surface area (Å²) in [5.74, 6) is -0.369. The van der Waals surface area contributed by atoms with E-state index in [0.717, 1.165) is 5.56 Å². The monoisotopic (exact) mass is 485 g/mol. The van der Waals surface area contributed by atoms with Crippen LogP contribution >= 0.6 is 11.6 Å². The lowest BCUT2D eigenvalue weighted by molar-refractivity contribution is 0.354. The molecule has 7 nitrogen and oxygen atoms in total. The summed E-state index contributed by atoms with van der Waals surface area (Å²) in [6.07, 6.45) is 0. The second-order valence-electron chi connectivity index (χ2n) is 7.59. The first-order valence-corrected chi connectivity index (χ1v) is 13.6.